The molecule has 0 atom stereocenters. The summed E-state index contributed by atoms with van der Waals surface area (Å²) in [6.45, 7) is 3.34. The minimum Gasteiger partial charge on any atom is -0.476 e. The van der Waals surface area contributed by atoms with Crippen molar-refractivity contribution in [3.05, 3.63) is 11.2 Å². The van der Waals surface area contributed by atoms with Crippen molar-refractivity contribution >= 4 is 17.5 Å². The van der Waals surface area contributed by atoms with Crippen molar-refractivity contribution in [1.29, 1.82) is 0 Å². The lowest BCUT2D eigenvalue weighted by Crippen LogP contribution is -2.07. The van der Waals surface area contributed by atoms with Crippen LogP contribution in [-0.2, 0) is 0 Å². The van der Waals surface area contributed by atoms with Crippen LogP contribution in [0.4, 0.5) is 5.95 Å². The summed E-state index contributed by atoms with van der Waals surface area (Å²) >= 11 is 5.87. The van der Waals surface area contributed by atoms with E-state index in [9.17, 15) is 0 Å². The average Bonchev–Trinajstić information content (AvgIpc) is 2.30. The highest BCUT2D eigenvalue weighted by Gasteiger charge is 2.05. The van der Waals surface area contributed by atoms with Crippen LogP contribution in [0.2, 0.25) is 5.02 Å². The van der Waals surface area contributed by atoms with Crippen molar-refractivity contribution in [2.45, 2.75) is 19.8 Å². The first-order chi connectivity index (χ1) is 7.77. The van der Waals surface area contributed by atoms with Crippen LogP contribution in [0.1, 0.15) is 19.8 Å². The predicted molar refractivity (Wildman–Crippen MR) is 63.0 cm³/mol. The normalized spacial score (nSPS) is 10.2. The molecule has 1 rings (SSSR count). The molecular weight excluding hydrogens is 230 g/mol. The van der Waals surface area contributed by atoms with Gasteiger partial charge in [-0.1, -0.05) is 18.5 Å². The van der Waals surface area contributed by atoms with Crippen molar-refractivity contribution in [2.24, 2.45) is 0 Å². The molecule has 1 aromatic rings. The van der Waals surface area contributed by atoms with Crippen molar-refractivity contribution in [3.8, 4) is 5.88 Å². The van der Waals surface area contributed by atoms with E-state index in [0.717, 1.165) is 13.0 Å². The molecule has 2 N–H and O–H groups in total. The highest BCUT2D eigenvalue weighted by atomic mass is 35.5. The number of aromatic nitrogens is 2. The van der Waals surface area contributed by atoms with E-state index in [2.05, 4.69) is 22.2 Å². The van der Waals surface area contributed by atoms with Gasteiger partial charge in [-0.3, -0.25) is 0 Å². The van der Waals surface area contributed by atoms with E-state index < -0.39 is 0 Å². The van der Waals surface area contributed by atoms with E-state index in [4.69, 9.17) is 21.4 Å². The van der Waals surface area contributed by atoms with E-state index in [0.29, 0.717) is 29.9 Å². The van der Waals surface area contributed by atoms with Gasteiger partial charge in [0.2, 0.25) is 11.8 Å². The Balaban J connectivity index is 2.59. The SMILES string of the molecule is CCCNc1ncc(Cl)c(OCCCO)n1. The van der Waals surface area contributed by atoms with Gasteiger partial charge in [0.1, 0.15) is 5.02 Å². The zero-order valence-electron chi connectivity index (χ0n) is 9.24. The number of anilines is 1. The quantitative estimate of drug-likeness (QED) is 0.716. The van der Waals surface area contributed by atoms with E-state index in [1.54, 1.807) is 0 Å². The summed E-state index contributed by atoms with van der Waals surface area (Å²) in [5, 5.41) is 12.0. The van der Waals surface area contributed by atoms with Crippen LogP contribution in [0, 0.1) is 0 Å². The van der Waals surface area contributed by atoms with Gasteiger partial charge in [-0.2, -0.15) is 4.98 Å². The Hall–Kier alpha value is -1.07. The summed E-state index contributed by atoms with van der Waals surface area (Å²) in [4.78, 5) is 8.14. The number of hydrogen-bond donors (Lipinski definition) is 2. The van der Waals surface area contributed by atoms with Gasteiger partial charge in [0.25, 0.3) is 0 Å². The highest BCUT2D eigenvalue weighted by molar-refractivity contribution is 6.31. The summed E-state index contributed by atoms with van der Waals surface area (Å²) in [7, 11) is 0. The first kappa shape index (κ1) is 13.0. The lowest BCUT2D eigenvalue weighted by molar-refractivity contribution is 0.229. The topological polar surface area (TPSA) is 67.3 Å². The summed E-state index contributed by atoms with van der Waals surface area (Å²) in [5.41, 5.74) is 0. The molecule has 0 aliphatic carbocycles. The Morgan fingerprint density at radius 3 is 3.06 bits per heavy atom. The Kier molecular flexibility index (Phi) is 5.88. The van der Waals surface area contributed by atoms with Gasteiger partial charge in [0, 0.05) is 19.6 Å². The second-order valence-electron chi connectivity index (χ2n) is 3.20. The van der Waals surface area contributed by atoms with Gasteiger partial charge in [-0.15, -0.1) is 0 Å². The first-order valence-corrected chi connectivity index (χ1v) is 5.65. The lowest BCUT2D eigenvalue weighted by atomic mass is 10.5. The number of nitrogens with zero attached hydrogens (tertiary/aromatic N) is 2. The highest BCUT2D eigenvalue weighted by Crippen LogP contribution is 2.21. The molecule has 0 saturated carbocycles. The number of halogens is 1. The maximum atomic E-state index is 8.63. The third kappa shape index (κ3) is 4.20. The van der Waals surface area contributed by atoms with Gasteiger partial charge in [0.15, 0.2) is 0 Å². The smallest absolute Gasteiger partial charge is 0.237 e. The van der Waals surface area contributed by atoms with Gasteiger partial charge in [-0.25, -0.2) is 4.98 Å². The number of aliphatic hydroxyl groups is 1. The Morgan fingerprint density at radius 2 is 2.38 bits per heavy atom. The third-order valence-electron chi connectivity index (χ3n) is 1.79. The predicted octanol–water partition coefficient (Wildman–Crippen LogP) is 1.71. The van der Waals surface area contributed by atoms with Crippen LogP contribution < -0.4 is 10.1 Å². The fraction of sp³-hybridized carbons (Fsp3) is 0.600. The number of rotatable bonds is 7. The van der Waals surface area contributed by atoms with Crippen LogP contribution in [0.3, 0.4) is 0 Å². The van der Waals surface area contributed by atoms with E-state index >= 15 is 0 Å². The van der Waals surface area contributed by atoms with Gasteiger partial charge in [0.05, 0.1) is 12.8 Å². The minimum absolute atomic E-state index is 0.0869. The molecule has 0 fully saturated rings. The Labute approximate surface area is 99.8 Å². The molecule has 0 amide bonds. The van der Waals surface area contributed by atoms with E-state index in [1.807, 2.05) is 0 Å². The lowest BCUT2D eigenvalue weighted by Gasteiger charge is -2.08. The molecule has 0 unspecified atom stereocenters. The van der Waals surface area contributed by atoms with Crippen LogP contribution >= 0.6 is 11.6 Å². The molecule has 90 valence electrons. The van der Waals surface area contributed by atoms with Crippen LogP contribution in [0.15, 0.2) is 6.20 Å². The fourth-order valence-electron chi connectivity index (χ4n) is 1.01. The number of aliphatic hydroxyl groups excluding tert-OH is 1. The Bertz CT molecular complexity index is 323. The molecule has 0 aliphatic heterocycles. The minimum atomic E-state index is 0.0869. The summed E-state index contributed by atoms with van der Waals surface area (Å²) < 4.78 is 5.31. The van der Waals surface area contributed by atoms with Crippen molar-refractivity contribution in [1.82, 2.24) is 9.97 Å². The summed E-state index contributed by atoms with van der Waals surface area (Å²) in [5.74, 6) is 0.856. The van der Waals surface area contributed by atoms with Crippen LogP contribution in [0.5, 0.6) is 5.88 Å². The molecule has 0 radical (unpaired) electrons. The average molecular weight is 246 g/mol. The molecule has 0 aromatic carbocycles. The van der Waals surface area contributed by atoms with Crippen LogP contribution in [-0.4, -0.2) is 34.8 Å². The molecular formula is C10H16ClN3O2. The van der Waals surface area contributed by atoms with E-state index in [-0.39, 0.29) is 6.61 Å². The van der Waals surface area contributed by atoms with Gasteiger partial charge < -0.3 is 15.2 Å². The van der Waals surface area contributed by atoms with Gasteiger partial charge in [-0.05, 0) is 6.42 Å². The molecule has 6 heteroatoms. The number of nitrogens with one attached hydrogen (secondary N) is 1. The van der Waals surface area contributed by atoms with Crippen molar-refractivity contribution in [2.75, 3.05) is 25.1 Å². The molecule has 0 bridgehead atoms. The monoisotopic (exact) mass is 245 g/mol. The maximum absolute atomic E-state index is 8.63. The second-order valence-corrected chi connectivity index (χ2v) is 3.61. The molecule has 5 nitrogen and oxygen atoms in total. The Morgan fingerprint density at radius 1 is 1.56 bits per heavy atom. The summed E-state index contributed by atoms with van der Waals surface area (Å²) in [6, 6.07) is 0. The third-order valence-corrected chi connectivity index (χ3v) is 2.05. The zero-order chi connectivity index (χ0) is 11.8. The molecule has 0 saturated heterocycles. The maximum Gasteiger partial charge on any atom is 0.237 e. The fourth-order valence-corrected chi connectivity index (χ4v) is 1.15. The van der Waals surface area contributed by atoms with Gasteiger partial charge >= 0.3 is 0 Å². The molecule has 0 spiro atoms. The zero-order valence-corrected chi connectivity index (χ0v) is 10.00. The second kappa shape index (κ2) is 7.24. The van der Waals surface area contributed by atoms with Crippen molar-refractivity contribution < 1.29 is 9.84 Å². The van der Waals surface area contributed by atoms with Crippen molar-refractivity contribution in [3.63, 3.8) is 0 Å². The first-order valence-electron chi connectivity index (χ1n) is 5.28. The molecule has 0 aliphatic rings. The number of hydrogen-bond acceptors (Lipinski definition) is 5. The van der Waals surface area contributed by atoms with Crippen LogP contribution in [0.25, 0.3) is 0 Å². The summed E-state index contributed by atoms with van der Waals surface area (Å²) in [6.07, 6.45) is 3.05. The van der Waals surface area contributed by atoms with E-state index in [1.165, 1.54) is 6.20 Å². The standard InChI is InChI=1S/C10H16ClN3O2/c1-2-4-12-10-13-7-8(11)9(14-10)16-6-3-5-15/h7,15H,2-6H2,1H3,(H,12,13,14). The molecule has 16 heavy (non-hydrogen) atoms. The largest absolute Gasteiger partial charge is 0.476 e. The number of ether oxygens (including phenoxy) is 1. The molecule has 1 aromatic heterocycles. The molecule has 1 heterocycles.